The summed E-state index contributed by atoms with van der Waals surface area (Å²) in [4.78, 5) is 14.3. The zero-order valence-corrected chi connectivity index (χ0v) is 19.1. The quantitative estimate of drug-likeness (QED) is 0.635. The highest BCUT2D eigenvalue weighted by Gasteiger charge is 2.35. The molecule has 1 amide bonds. The fourth-order valence-electron chi connectivity index (χ4n) is 4.20. The topological polar surface area (TPSA) is 76.2 Å². The molecule has 0 aliphatic carbocycles. The van der Waals surface area contributed by atoms with E-state index in [9.17, 15) is 22.0 Å². The van der Waals surface area contributed by atoms with Gasteiger partial charge in [0.25, 0.3) is 0 Å². The second-order valence-electron chi connectivity index (χ2n) is 8.13. The third-order valence-electron chi connectivity index (χ3n) is 6.00. The fraction of sp³-hybridized carbons (Fsp3) is 0.435. The number of benzene rings is 2. The summed E-state index contributed by atoms with van der Waals surface area (Å²) in [6.45, 7) is 3.24. The van der Waals surface area contributed by atoms with Gasteiger partial charge in [-0.3, -0.25) is 4.79 Å². The molecule has 0 N–H and O–H groups in total. The van der Waals surface area contributed by atoms with Crippen molar-refractivity contribution in [3.63, 3.8) is 0 Å². The number of piperidine rings is 1. The summed E-state index contributed by atoms with van der Waals surface area (Å²) in [5.74, 6) is -1.05. The first kappa shape index (κ1) is 23.4. The number of carbonyl (C=O) groups excluding carboxylic acids is 1. The number of hydrogen-bond donors (Lipinski definition) is 0. The van der Waals surface area contributed by atoms with Gasteiger partial charge in [-0.05, 0) is 44.0 Å². The van der Waals surface area contributed by atoms with Gasteiger partial charge in [-0.15, -0.1) is 0 Å². The number of rotatable bonds is 6. The van der Waals surface area contributed by atoms with E-state index in [-0.39, 0.29) is 31.0 Å². The monoisotopic (exact) mass is 480 g/mol. The second kappa shape index (κ2) is 9.64. The lowest BCUT2D eigenvalue weighted by atomic mass is 9.96. The summed E-state index contributed by atoms with van der Waals surface area (Å²) in [5, 5.41) is 0. The van der Waals surface area contributed by atoms with Crippen molar-refractivity contribution in [3.8, 4) is 11.5 Å². The number of amides is 1. The molecule has 0 radical (unpaired) electrons. The van der Waals surface area contributed by atoms with Crippen molar-refractivity contribution in [3.05, 3.63) is 54.1 Å². The van der Waals surface area contributed by atoms with Gasteiger partial charge >= 0.3 is 0 Å². The Morgan fingerprint density at radius 3 is 2.48 bits per heavy atom. The van der Waals surface area contributed by atoms with Crippen LogP contribution in [0.4, 0.5) is 8.78 Å². The van der Waals surface area contributed by atoms with E-state index < -0.39 is 26.6 Å². The van der Waals surface area contributed by atoms with Gasteiger partial charge in [-0.2, -0.15) is 4.31 Å². The molecule has 10 heteroatoms. The molecule has 2 aliphatic rings. The third kappa shape index (κ3) is 4.96. The Morgan fingerprint density at radius 1 is 1.12 bits per heavy atom. The minimum absolute atomic E-state index is 0.0648. The summed E-state index contributed by atoms with van der Waals surface area (Å²) in [6.07, 6.45) is 0.343. The molecule has 1 fully saturated rings. The summed E-state index contributed by atoms with van der Waals surface area (Å²) in [5.41, 5.74) is 0. The Labute approximate surface area is 191 Å². The number of sulfonamides is 1. The van der Waals surface area contributed by atoms with Gasteiger partial charge in [0.15, 0.2) is 17.6 Å². The van der Waals surface area contributed by atoms with Crippen LogP contribution in [0.15, 0.2) is 47.4 Å². The van der Waals surface area contributed by atoms with Crippen LogP contribution in [0.5, 0.6) is 11.5 Å². The van der Waals surface area contributed by atoms with Gasteiger partial charge in [-0.25, -0.2) is 17.2 Å². The van der Waals surface area contributed by atoms with Gasteiger partial charge in [0.05, 0.1) is 6.54 Å². The minimum atomic E-state index is -4.11. The van der Waals surface area contributed by atoms with Crippen molar-refractivity contribution in [2.45, 2.75) is 30.8 Å². The molecular formula is C23H26F2N2O5S. The summed E-state index contributed by atoms with van der Waals surface area (Å²) in [6, 6.07) is 9.76. The molecule has 33 heavy (non-hydrogen) atoms. The first-order chi connectivity index (χ1) is 15.8. The van der Waals surface area contributed by atoms with Crippen LogP contribution in [0.3, 0.4) is 0 Å². The summed E-state index contributed by atoms with van der Waals surface area (Å²) in [7, 11) is -4.11. The molecule has 0 aromatic heterocycles. The van der Waals surface area contributed by atoms with E-state index in [2.05, 4.69) is 0 Å². The van der Waals surface area contributed by atoms with Crippen LogP contribution in [-0.4, -0.2) is 62.4 Å². The normalized spacial score (nSPS) is 19.3. The van der Waals surface area contributed by atoms with Crippen LogP contribution in [0.2, 0.25) is 0 Å². The van der Waals surface area contributed by atoms with E-state index in [1.165, 1.54) is 0 Å². The minimum Gasteiger partial charge on any atom is -0.486 e. The molecule has 2 heterocycles. The molecule has 4 rings (SSSR count). The predicted octanol–water partition coefficient (Wildman–Crippen LogP) is 3.05. The third-order valence-corrected chi connectivity index (χ3v) is 7.93. The maximum Gasteiger partial charge on any atom is 0.245 e. The first-order valence-corrected chi connectivity index (χ1v) is 12.4. The lowest BCUT2D eigenvalue weighted by molar-refractivity contribution is -0.138. The average Bonchev–Trinajstić information content (AvgIpc) is 2.82. The highest BCUT2D eigenvalue weighted by atomic mass is 32.2. The number of likely N-dealkylation sites (N-methyl/N-ethyl adjacent to an activating group) is 1. The molecule has 1 saturated heterocycles. The van der Waals surface area contributed by atoms with Crippen LogP contribution in [0.25, 0.3) is 0 Å². The van der Waals surface area contributed by atoms with Gasteiger partial charge in [-0.1, -0.05) is 12.1 Å². The summed E-state index contributed by atoms with van der Waals surface area (Å²) < 4.78 is 65.6. The van der Waals surface area contributed by atoms with Gasteiger partial charge in [0.2, 0.25) is 15.9 Å². The molecule has 2 aliphatic heterocycles. The highest BCUT2D eigenvalue weighted by molar-refractivity contribution is 7.89. The molecule has 1 unspecified atom stereocenters. The Bertz CT molecular complexity index is 1120. The maximum atomic E-state index is 14.0. The zero-order valence-electron chi connectivity index (χ0n) is 18.2. The lowest BCUT2D eigenvalue weighted by Gasteiger charge is -2.35. The van der Waals surface area contributed by atoms with E-state index in [0.29, 0.717) is 50.1 Å². The number of fused-ring (bicyclic) bond motifs is 1. The number of hydrogen-bond acceptors (Lipinski definition) is 5. The largest absolute Gasteiger partial charge is 0.486 e. The smallest absolute Gasteiger partial charge is 0.245 e. The standard InChI is InChI=1S/C23H26F2N2O5S/c1-2-26(14-18-15-31-20-5-3-4-6-21(20)32-18)23(28)16-9-11-27(12-10-16)33(29,30)22-8-7-17(24)13-19(22)25/h3-8,13,16,18H,2,9-12,14-15H2,1H3. The molecule has 0 spiro atoms. The molecule has 0 bridgehead atoms. The Hall–Kier alpha value is -2.72. The van der Waals surface area contributed by atoms with Crippen molar-refractivity contribution >= 4 is 15.9 Å². The van der Waals surface area contributed by atoms with Gasteiger partial charge in [0, 0.05) is 31.6 Å². The first-order valence-electron chi connectivity index (χ1n) is 10.9. The molecule has 2 aromatic carbocycles. The van der Waals surface area contributed by atoms with E-state index >= 15 is 0 Å². The van der Waals surface area contributed by atoms with Gasteiger partial charge < -0.3 is 14.4 Å². The SMILES string of the molecule is CCN(CC1COc2ccccc2O1)C(=O)C1CCN(S(=O)(=O)c2ccc(F)cc2F)CC1. The van der Waals surface area contributed by atoms with Crippen LogP contribution in [0.1, 0.15) is 19.8 Å². The number of para-hydroxylation sites is 2. The van der Waals surface area contributed by atoms with Crippen molar-refractivity contribution in [2.24, 2.45) is 5.92 Å². The second-order valence-corrected chi connectivity index (χ2v) is 10.0. The van der Waals surface area contributed by atoms with E-state index in [0.717, 1.165) is 16.4 Å². The van der Waals surface area contributed by atoms with Crippen LogP contribution >= 0.6 is 0 Å². The van der Waals surface area contributed by atoms with E-state index in [1.807, 2.05) is 31.2 Å². The predicted molar refractivity (Wildman–Crippen MR) is 116 cm³/mol. The van der Waals surface area contributed by atoms with Crippen molar-refractivity contribution in [1.29, 1.82) is 0 Å². The average molecular weight is 481 g/mol. The van der Waals surface area contributed by atoms with Crippen LogP contribution < -0.4 is 9.47 Å². The Kier molecular flexibility index (Phi) is 6.85. The summed E-state index contributed by atoms with van der Waals surface area (Å²) >= 11 is 0. The molecule has 178 valence electrons. The molecule has 1 atom stereocenters. The number of carbonyl (C=O) groups is 1. The molecule has 7 nitrogen and oxygen atoms in total. The molecule has 2 aromatic rings. The molecule has 0 saturated carbocycles. The van der Waals surface area contributed by atoms with E-state index in [4.69, 9.17) is 9.47 Å². The van der Waals surface area contributed by atoms with Crippen molar-refractivity contribution in [2.75, 3.05) is 32.8 Å². The Balaban J connectivity index is 1.36. The zero-order chi connectivity index (χ0) is 23.6. The van der Waals surface area contributed by atoms with Crippen LogP contribution in [0, 0.1) is 17.6 Å². The lowest BCUT2D eigenvalue weighted by Crippen LogP contribution is -2.48. The highest BCUT2D eigenvalue weighted by Crippen LogP contribution is 2.31. The molecular weight excluding hydrogens is 454 g/mol. The number of halogens is 2. The number of nitrogens with zero attached hydrogens (tertiary/aromatic N) is 2. The van der Waals surface area contributed by atoms with Crippen LogP contribution in [-0.2, 0) is 14.8 Å². The number of ether oxygens (including phenoxy) is 2. The van der Waals surface area contributed by atoms with Crippen molar-refractivity contribution in [1.82, 2.24) is 9.21 Å². The maximum absolute atomic E-state index is 14.0. The van der Waals surface area contributed by atoms with E-state index in [1.54, 1.807) is 4.90 Å². The van der Waals surface area contributed by atoms with Crippen molar-refractivity contribution < 1.29 is 31.5 Å². The fourth-order valence-corrected chi connectivity index (χ4v) is 5.71. The van der Waals surface area contributed by atoms with Gasteiger partial charge in [0.1, 0.15) is 23.1 Å². The Morgan fingerprint density at radius 2 is 1.82 bits per heavy atom.